The third-order valence-corrected chi connectivity index (χ3v) is 2.23. The van der Waals surface area contributed by atoms with Gasteiger partial charge in [0.05, 0.1) is 6.42 Å². The summed E-state index contributed by atoms with van der Waals surface area (Å²) in [5.41, 5.74) is 0.361. The van der Waals surface area contributed by atoms with Crippen LogP contribution in [0.3, 0.4) is 0 Å². The van der Waals surface area contributed by atoms with Crippen LogP contribution in [0.15, 0.2) is 11.4 Å². The number of aromatic carboxylic acids is 1. The maximum atomic E-state index is 10.5. The van der Waals surface area contributed by atoms with E-state index in [1.165, 1.54) is 6.07 Å². The van der Waals surface area contributed by atoms with E-state index >= 15 is 0 Å². The van der Waals surface area contributed by atoms with Gasteiger partial charge in [-0.2, -0.15) is 0 Å². The Morgan fingerprint density at radius 1 is 1.42 bits per heavy atom. The largest absolute Gasteiger partial charge is 0.481 e. The molecule has 0 aliphatic heterocycles. The van der Waals surface area contributed by atoms with Crippen molar-refractivity contribution in [2.24, 2.45) is 0 Å². The van der Waals surface area contributed by atoms with E-state index in [1.807, 2.05) is 0 Å². The van der Waals surface area contributed by atoms with Crippen LogP contribution in [-0.2, 0) is 11.2 Å². The summed E-state index contributed by atoms with van der Waals surface area (Å²) in [7, 11) is 0. The van der Waals surface area contributed by atoms with Gasteiger partial charge in [0.25, 0.3) is 0 Å². The highest BCUT2D eigenvalue weighted by Crippen LogP contribution is 2.16. The Bertz CT molecular complexity index is 315. The molecule has 5 heteroatoms. The molecular formula is C7H6O4S. The number of rotatable bonds is 3. The molecule has 1 aromatic heterocycles. The molecule has 0 spiro atoms. The highest BCUT2D eigenvalue weighted by molar-refractivity contribution is 7.12. The predicted octanol–water partition coefficient (Wildman–Crippen LogP) is 1.07. The summed E-state index contributed by atoms with van der Waals surface area (Å²) in [6.07, 6.45) is -0.231. The Balaban J connectivity index is 2.91. The Morgan fingerprint density at radius 2 is 2.08 bits per heavy atom. The van der Waals surface area contributed by atoms with Crippen molar-refractivity contribution >= 4 is 23.3 Å². The molecule has 0 unspecified atom stereocenters. The van der Waals surface area contributed by atoms with Crippen LogP contribution >= 0.6 is 11.3 Å². The van der Waals surface area contributed by atoms with Crippen molar-refractivity contribution in [1.29, 1.82) is 0 Å². The Labute approximate surface area is 72.1 Å². The van der Waals surface area contributed by atoms with Crippen molar-refractivity contribution in [1.82, 2.24) is 0 Å². The Hall–Kier alpha value is -1.36. The lowest BCUT2D eigenvalue weighted by Crippen LogP contribution is -2.04. The van der Waals surface area contributed by atoms with Crippen LogP contribution in [0.1, 0.15) is 15.2 Å². The minimum absolute atomic E-state index is 0.109. The number of carboxylic acids is 2. The van der Waals surface area contributed by atoms with Gasteiger partial charge in [0, 0.05) is 0 Å². The van der Waals surface area contributed by atoms with Gasteiger partial charge in [-0.05, 0) is 17.0 Å². The molecule has 0 bridgehead atoms. The average molecular weight is 186 g/mol. The molecule has 1 aromatic rings. The zero-order chi connectivity index (χ0) is 9.14. The maximum Gasteiger partial charge on any atom is 0.346 e. The minimum atomic E-state index is -1.07. The molecule has 1 rings (SSSR count). The van der Waals surface area contributed by atoms with Gasteiger partial charge < -0.3 is 10.2 Å². The highest BCUT2D eigenvalue weighted by Gasteiger charge is 2.13. The van der Waals surface area contributed by atoms with Crippen molar-refractivity contribution in [2.75, 3.05) is 0 Å². The SMILES string of the molecule is O=C(O)Cc1ccsc1C(=O)O. The number of carboxylic acid groups (broad SMARTS) is 2. The lowest BCUT2D eigenvalue weighted by molar-refractivity contribution is -0.136. The highest BCUT2D eigenvalue weighted by atomic mass is 32.1. The maximum absolute atomic E-state index is 10.5. The second-order valence-electron chi connectivity index (χ2n) is 2.15. The van der Waals surface area contributed by atoms with Gasteiger partial charge in [-0.25, -0.2) is 4.79 Å². The number of aliphatic carboxylic acids is 1. The van der Waals surface area contributed by atoms with E-state index in [9.17, 15) is 9.59 Å². The normalized spacial score (nSPS) is 9.67. The van der Waals surface area contributed by atoms with E-state index < -0.39 is 11.9 Å². The zero-order valence-corrected chi connectivity index (χ0v) is 6.80. The lowest BCUT2D eigenvalue weighted by atomic mass is 10.2. The molecule has 0 amide bonds. The first-order chi connectivity index (χ1) is 5.61. The van der Waals surface area contributed by atoms with Crippen molar-refractivity contribution in [2.45, 2.75) is 6.42 Å². The molecule has 0 aliphatic carbocycles. The van der Waals surface area contributed by atoms with Gasteiger partial charge >= 0.3 is 11.9 Å². The van der Waals surface area contributed by atoms with Gasteiger partial charge in [0.2, 0.25) is 0 Å². The first-order valence-corrected chi connectivity index (χ1v) is 4.00. The second kappa shape index (κ2) is 3.36. The average Bonchev–Trinajstić information content (AvgIpc) is 2.33. The van der Waals surface area contributed by atoms with Crippen LogP contribution in [0, 0.1) is 0 Å². The molecule has 4 nitrogen and oxygen atoms in total. The van der Waals surface area contributed by atoms with E-state index in [1.54, 1.807) is 5.38 Å². The number of carbonyl (C=O) groups is 2. The van der Waals surface area contributed by atoms with E-state index in [0.29, 0.717) is 5.56 Å². The van der Waals surface area contributed by atoms with Crippen LogP contribution in [0.2, 0.25) is 0 Å². The van der Waals surface area contributed by atoms with Gasteiger partial charge in [-0.1, -0.05) is 0 Å². The third-order valence-electron chi connectivity index (χ3n) is 1.28. The fraction of sp³-hybridized carbons (Fsp3) is 0.143. The molecule has 0 radical (unpaired) electrons. The molecule has 0 aliphatic rings. The van der Waals surface area contributed by atoms with Gasteiger partial charge in [0.15, 0.2) is 0 Å². The number of hydrogen-bond acceptors (Lipinski definition) is 3. The van der Waals surface area contributed by atoms with E-state index in [2.05, 4.69) is 0 Å². The summed E-state index contributed by atoms with van der Waals surface area (Å²) in [5, 5.41) is 18.6. The zero-order valence-electron chi connectivity index (χ0n) is 5.98. The predicted molar refractivity (Wildman–Crippen MR) is 42.6 cm³/mol. The minimum Gasteiger partial charge on any atom is -0.481 e. The van der Waals surface area contributed by atoms with E-state index in [-0.39, 0.29) is 11.3 Å². The summed E-state index contributed by atoms with van der Waals surface area (Å²) < 4.78 is 0. The van der Waals surface area contributed by atoms with Crippen molar-refractivity contribution in [3.63, 3.8) is 0 Å². The van der Waals surface area contributed by atoms with Crippen LogP contribution < -0.4 is 0 Å². The summed E-state index contributed by atoms with van der Waals surface area (Å²) in [5.74, 6) is -2.09. The quantitative estimate of drug-likeness (QED) is 0.740. The van der Waals surface area contributed by atoms with E-state index in [4.69, 9.17) is 10.2 Å². The van der Waals surface area contributed by atoms with Gasteiger partial charge in [-0.3, -0.25) is 4.79 Å². The number of hydrogen-bond donors (Lipinski definition) is 2. The summed E-state index contributed by atoms with van der Waals surface area (Å²) in [6.45, 7) is 0. The smallest absolute Gasteiger partial charge is 0.346 e. The summed E-state index contributed by atoms with van der Waals surface area (Å²) >= 11 is 1.04. The van der Waals surface area contributed by atoms with Crippen LogP contribution in [0.4, 0.5) is 0 Å². The Morgan fingerprint density at radius 3 is 2.58 bits per heavy atom. The monoisotopic (exact) mass is 186 g/mol. The second-order valence-corrected chi connectivity index (χ2v) is 3.07. The molecular weight excluding hydrogens is 180 g/mol. The summed E-state index contributed by atoms with van der Waals surface area (Å²) in [4.78, 5) is 20.8. The molecule has 0 fully saturated rings. The Kier molecular flexibility index (Phi) is 2.44. The fourth-order valence-corrected chi connectivity index (χ4v) is 1.59. The molecule has 0 aromatic carbocycles. The van der Waals surface area contributed by atoms with Gasteiger partial charge in [-0.15, -0.1) is 11.3 Å². The molecule has 0 saturated carbocycles. The van der Waals surface area contributed by atoms with Crippen molar-refractivity contribution < 1.29 is 19.8 Å². The van der Waals surface area contributed by atoms with Crippen molar-refractivity contribution in [3.05, 3.63) is 21.9 Å². The molecule has 1 heterocycles. The standard InChI is InChI=1S/C7H6O4S/c8-5(9)3-4-1-2-12-6(4)7(10)11/h1-2H,3H2,(H,8,9)(H,10,11). The summed E-state index contributed by atoms with van der Waals surface area (Å²) in [6, 6.07) is 1.52. The van der Waals surface area contributed by atoms with Gasteiger partial charge in [0.1, 0.15) is 4.88 Å². The van der Waals surface area contributed by atoms with Crippen LogP contribution in [0.25, 0.3) is 0 Å². The van der Waals surface area contributed by atoms with Crippen LogP contribution in [-0.4, -0.2) is 22.2 Å². The third kappa shape index (κ3) is 1.82. The number of thiophene rings is 1. The lowest BCUT2D eigenvalue weighted by Gasteiger charge is -1.93. The molecule has 0 atom stereocenters. The first kappa shape index (κ1) is 8.73. The van der Waals surface area contributed by atoms with Crippen LogP contribution in [0.5, 0.6) is 0 Å². The molecule has 2 N–H and O–H groups in total. The molecule has 64 valence electrons. The van der Waals surface area contributed by atoms with E-state index in [0.717, 1.165) is 11.3 Å². The molecule has 12 heavy (non-hydrogen) atoms. The molecule has 0 saturated heterocycles. The topological polar surface area (TPSA) is 74.6 Å². The first-order valence-electron chi connectivity index (χ1n) is 3.12. The van der Waals surface area contributed by atoms with Crippen molar-refractivity contribution in [3.8, 4) is 0 Å². The fourth-order valence-electron chi connectivity index (χ4n) is 0.825.